The number of carboxylic acid groups (broad SMARTS) is 1. The molecule has 6 heteroatoms. The van der Waals surface area contributed by atoms with Crippen LogP contribution in [-0.4, -0.2) is 30.3 Å². The van der Waals surface area contributed by atoms with Gasteiger partial charge in [0.25, 0.3) is 0 Å². The Labute approximate surface area is 212 Å². The van der Waals surface area contributed by atoms with Crippen molar-refractivity contribution in [3.63, 3.8) is 0 Å². The summed E-state index contributed by atoms with van der Waals surface area (Å²) in [5.74, 6) is 0.0644. The van der Waals surface area contributed by atoms with E-state index in [4.69, 9.17) is 19.3 Å². The largest absolute Gasteiger partial charge is 0.490 e. The molecule has 0 atom stereocenters. The van der Waals surface area contributed by atoms with Crippen LogP contribution < -0.4 is 9.47 Å². The molecule has 0 heterocycles. The molecule has 0 fully saturated rings. The Kier molecular flexibility index (Phi) is 21.6. The molecule has 35 heavy (non-hydrogen) atoms. The second-order valence-electron chi connectivity index (χ2n) is 6.72. The van der Waals surface area contributed by atoms with Crippen LogP contribution in [0.15, 0.2) is 86.7 Å². The van der Waals surface area contributed by atoms with Crippen molar-refractivity contribution in [2.24, 2.45) is 0 Å². The maximum Gasteiger partial charge on any atom is 0.330 e. The minimum Gasteiger partial charge on any atom is -0.490 e. The van der Waals surface area contributed by atoms with Gasteiger partial charge < -0.3 is 19.3 Å². The molecule has 0 saturated heterocycles. The van der Waals surface area contributed by atoms with Crippen LogP contribution >= 0.6 is 0 Å². The molecule has 1 N–H and O–H groups in total. The Morgan fingerprint density at radius 1 is 0.800 bits per heavy atom. The van der Waals surface area contributed by atoms with E-state index < -0.39 is 11.9 Å². The van der Waals surface area contributed by atoms with E-state index in [0.717, 1.165) is 23.7 Å². The summed E-state index contributed by atoms with van der Waals surface area (Å²) in [5, 5.41) is 7.60. The van der Waals surface area contributed by atoms with E-state index in [-0.39, 0.29) is 41.7 Å². The third-order valence-electron chi connectivity index (χ3n) is 4.31. The number of ether oxygens (including phenoxy) is 3. The van der Waals surface area contributed by atoms with Gasteiger partial charge in [0.15, 0.2) is 0 Å². The summed E-state index contributed by atoms with van der Waals surface area (Å²) < 4.78 is 15.7. The summed E-state index contributed by atoms with van der Waals surface area (Å²) in [4.78, 5) is 20.2. The molecule has 0 unspecified atom stereocenters. The normalized spacial score (nSPS) is 8.86. The summed E-state index contributed by atoms with van der Waals surface area (Å²) in [5.41, 5.74) is 2.18. The van der Waals surface area contributed by atoms with E-state index in [0.29, 0.717) is 6.61 Å². The molecular weight excluding hydrogens is 444 g/mol. The van der Waals surface area contributed by atoms with Gasteiger partial charge in [-0.2, -0.15) is 0 Å². The second-order valence-corrected chi connectivity index (χ2v) is 6.72. The molecule has 0 spiro atoms. The van der Waals surface area contributed by atoms with Crippen LogP contribution in [0.1, 0.15) is 54.7 Å². The van der Waals surface area contributed by atoms with Gasteiger partial charge in [-0.25, -0.2) is 9.59 Å². The van der Waals surface area contributed by atoms with Crippen LogP contribution in [0.5, 0.6) is 11.5 Å². The van der Waals surface area contributed by atoms with E-state index in [1.54, 1.807) is 0 Å². The summed E-state index contributed by atoms with van der Waals surface area (Å²) in [6.07, 6.45) is 3.38. The molecule has 0 aliphatic rings. The second kappa shape index (κ2) is 19.6. The predicted octanol–water partition coefficient (Wildman–Crippen LogP) is 7.44. The van der Waals surface area contributed by atoms with Gasteiger partial charge in [-0.05, 0) is 35.4 Å². The van der Waals surface area contributed by atoms with Crippen molar-refractivity contribution in [3.8, 4) is 11.5 Å². The van der Waals surface area contributed by atoms with Crippen molar-refractivity contribution < 1.29 is 28.9 Å². The Bertz CT molecular complexity index is 880. The van der Waals surface area contributed by atoms with Gasteiger partial charge in [0.1, 0.15) is 24.7 Å². The highest BCUT2D eigenvalue weighted by atomic mass is 16.6. The highest BCUT2D eigenvalue weighted by Crippen LogP contribution is 2.33. The molecule has 0 saturated carbocycles. The van der Waals surface area contributed by atoms with Crippen LogP contribution in [0.2, 0.25) is 0 Å². The molecule has 6 nitrogen and oxygen atoms in total. The Morgan fingerprint density at radius 3 is 1.60 bits per heavy atom. The Morgan fingerprint density at radius 2 is 1.23 bits per heavy atom. The van der Waals surface area contributed by atoms with Crippen molar-refractivity contribution in [2.75, 3.05) is 13.2 Å². The summed E-state index contributed by atoms with van der Waals surface area (Å²) in [6, 6.07) is 15.9. The van der Waals surface area contributed by atoms with Gasteiger partial charge in [0.2, 0.25) is 0 Å². The molecule has 2 aromatic rings. The third kappa shape index (κ3) is 13.5. The maximum absolute atomic E-state index is 11.0. The van der Waals surface area contributed by atoms with Gasteiger partial charge in [-0.15, -0.1) is 0 Å². The molecular formula is C29H44O6. The number of hydrogen-bond acceptors (Lipinski definition) is 5. The van der Waals surface area contributed by atoms with Crippen molar-refractivity contribution in [2.45, 2.75) is 49.0 Å². The molecule has 2 rings (SSSR count). The fourth-order valence-electron chi connectivity index (χ4n) is 2.54. The van der Waals surface area contributed by atoms with Gasteiger partial charge in [-0.1, -0.05) is 87.6 Å². The number of esters is 1. The molecule has 196 valence electrons. The fraction of sp³-hybridized carbons (Fsp3) is 0.310. The number of carbonyl (C=O) groups excluding carboxylic acids is 1. The highest BCUT2D eigenvalue weighted by molar-refractivity contribution is 5.81. The number of carbonyl (C=O) groups is 2. The van der Waals surface area contributed by atoms with Gasteiger partial charge in [0, 0.05) is 17.6 Å². The van der Waals surface area contributed by atoms with Gasteiger partial charge in [0.05, 0.1) is 6.26 Å². The van der Waals surface area contributed by atoms with Crippen LogP contribution in [-0.2, 0) is 19.7 Å². The molecule has 0 amide bonds. The summed E-state index contributed by atoms with van der Waals surface area (Å²) in [6.45, 7) is 14.7. The Hall–Kier alpha value is -3.80. The quantitative estimate of drug-likeness (QED) is 0.162. The first-order valence-corrected chi connectivity index (χ1v) is 9.50. The Balaban J connectivity index is -0.000000486. The molecule has 0 aliphatic heterocycles. The minimum absolute atomic E-state index is 0. The van der Waals surface area contributed by atoms with Crippen LogP contribution in [0.3, 0.4) is 0 Å². The number of benzene rings is 2. The van der Waals surface area contributed by atoms with Gasteiger partial charge in [-0.3, -0.25) is 0 Å². The zero-order valence-electron chi connectivity index (χ0n) is 17.9. The third-order valence-corrected chi connectivity index (χ3v) is 4.31. The standard InChI is InChI=1S/C22H24O4.C3H4O2.4CH4/c1-5-21(23)26-16-15-25-20-13-9-18(10-14-20)22(3,4)17-7-11-19(12-8-17)24-6-2;1-2-3(4)5;;;;/h5-14H,1-2,15-16H2,3-4H3;2H,1H2,(H,4,5);4*1H4. The average Bonchev–Trinajstić information content (AvgIpc) is 2.78. The smallest absolute Gasteiger partial charge is 0.330 e. The minimum atomic E-state index is -0.981. The first-order chi connectivity index (χ1) is 14.7. The highest BCUT2D eigenvalue weighted by Gasteiger charge is 2.23. The lowest BCUT2D eigenvalue weighted by Crippen LogP contribution is -2.18. The number of hydrogen-bond donors (Lipinski definition) is 1. The van der Waals surface area contributed by atoms with E-state index >= 15 is 0 Å². The average molecular weight is 489 g/mol. The zero-order valence-corrected chi connectivity index (χ0v) is 17.9. The van der Waals surface area contributed by atoms with E-state index in [2.05, 4.69) is 45.7 Å². The zero-order chi connectivity index (χ0) is 23.3. The maximum atomic E-state index is 11.0. The van der Waals surface area contributed by atoms with Crippen molar-refractivity contribution in [1.82, 2.24) is 0 Å². The van der Waals surface area contributed by atoms with Crippen molar-refractivity contribution in [3.05, 3.63) is 97.8 Å². The number of rotatable bonds is 10. The molecule has 0 radical (unpaired) electrons. The van der Waals surface area contributed by atoms with E-state index in [9.17, 15) is 9.59 Å². The number of carboxylic acids is 1. The first kappa shape index (κ1) is 38.5. The lowest BCUT2D eigenvalue weighted by Gasteiger charge is -2.26. The van der Waals surface area contributed by atoms with E-state index in [1.165, 1.54) is 17.4 Å². The summed E-state index contributed by atoms with van der Waals surface area (Å²) in [7, 11) is 0. The lowest BCUT2D eigenvalue weighted by atomic mass is 9.78. The topological polar surface area (TPSA) is 82.1 Å². The number of aliphatic carboxylic acids is 1. The van der Waals surface area contributed by atoms with Crippen molar-refractivity contribution in [1.29, 1.82) is 0 Å². The van der Waals surface area contributed by atoms with Crippen molar-refractivity contribution >= 4 is 11.9 Å². The summed E-state index contributed by atoms with van der Waals surface area (Å²) >= 11 is 0. The lowest BCUT2D eigenvalue weighted by molar-refractivity contribution is -0.138. The first-order valence-electron chi connectivity index (χ1n) is 9.50. The fourth-order valence-corrected chi connectivity index (χ4v) is 2.54. The van der Waals surface area contributed by atoms with Crippen LogP contribution in [0, 0.1) is 0 Å². The van der Waals surface area contributed by atoms with E-state index in [1.807, 2.05) is 36.4 Å². The molecule has 0 aromatic heterocycles. The molecule has 2 aromatic carbocycles. The van der Waals surface area contributed by atoms with Crippen LogP contribution in [0.4, 0.5) is 0 Å². The van der Waals surface area contributed by atoms with Gasteiger partial charge >= 0.3 is 11.9 Å². The predicted molar refractivity (Wildman–Crippen MR) is 147 cm³/mol. The van der Waals surface area contributed by atoms with Crippen LogP contribution in [0.25, 0.3) is 0 Å². The SMILES string of the molecule is C.C.C.C.C=CC(=O)O.C=COc1ccc(C(C)(C)c2ccc(OCCOC(=O)C=C)cc2)cc1. The monoisotopic (exact) mass is 488 g/mol. The molecule has 0 bridgehead atoms. The molecule has 0 aliphatic carbocycles.